The molecule has 0 aliphatic heterocycles. The number of hydrogen-bond acceptors (Lipinski definition) is 2. The third-order valence-electron chi connectivity index (χ3n) is 2.05. The standard InChI is InChI=1S/C7H16O2.C5H7F5/c1-3-4-5-9-7-6-8-2;1-2-3-4(6,7)5(8,9)10/h3-7H2,1-2H3;2-3H2,1H3. The van der Waals surface area contributed by atoms with Crippen molar-refractivity contribution in [2.75, 3.05) is 26.9 Å². The second kappa shape index (κ2) is 11.4. The largest absolute Gasteiger partial charge is 0.453 e. The van der Waals surface area contributed by atoms with Crippen LogP contribution >= 0.6 is 0 Å². The maximum absolute atomic E-state index is 11.8. The van der Waals surface area contributed by atoms with Crippen LogP contribution in [0.25, 0.3) is 0 Å². The molecule has 19 heavy (non-hydrogen) atoms. The van der Waals surface area contributed by atoms with Crippen molar-refractivity contribution in [1.82, 2.24) is 0 Å². The van der Waals surface area contributed by atoms with E-state index in [0.29, 0.717) is 6.61 Å². The molecule has 0 fully saturated rings. The highest BCUT2D eigenvalue weighted by molar-refractivity contribution is 4.74. The number of ether oxygens (including phenoxy) is 2. The van der Waals surface area contributed by atoms with E-state index >= 15 is 0 Å². The summed E-state index contributed by atoms with van der Waals surface area (Å²) >= 11 is 0. The van der Waals surface area contributed by atoms with E-state index in [0.717, 1.165) is 19.6 Å². The van der Waals surface area contributed by atoms with Crippen LogP contribution in [0, 0.1) is 0 Å². The highest BCUT2D eigenvalue weighted by Gasteiger charge is 2.56. The van der Waals surface area contributed by atoms with Gasteiger partial charge in [-0.25, -0.2) is 0 Å². The minimum Gasteiger partial charge on any atom is -0.382 e. The van der Waals surface area contributed by atoms with E-state index < -0.39 is 18.5 Å². The Morgan fingerprint density at radius 2 is 1.42 bits per heavy atom. The molecule has 0 radical (unpaired) electrons. The molecule has 2 nitrogen and oxygen atoms in total. The number of alkyl halides is 5. The van der Waals surface area contributed by atoms with Gasteiger partial charge in [0.05, 0.1) is 13.2 Å². The molecule has 0 bridgehead atoms. The number of hydrogen-bond donors (Lipinski definition) is 0. The van der Waals surface area contributed by atoms with Crippen molar-refractivity contribution in [3.63, 3.8) is 0 Å². The van der Waals surface area contributed by atoms with Crippen molar-refractivity contribution in [1.29, 1.82) is 0 Å². The Kier molecular flexibility index (Phi) is 12.5. The lowest BCUT2D eigenvalue weighted by molar-refractivity contribution is -0.284. The van der Waals surface area contributed by atoms with Gasteiger partial charge in [0.2, 0.25) is 0 Å². The molecule has 0 aromatic carbocycles. The van der Waals surface area contributed by atoms with E-state index in [9.17, 15) is 22.0 Å². The minimum absolute atomic E-state index is 0.174. The van der Waals surface area contributed by atoms with Gasteiger partial charge in [-0.1, -0.05) is 26.7 Å². The maximum atomic E-state index is 11.8. The van der Waals surface area contributed by atoms with Gasteiger partial charge in [0.25, 0.3) is 0 Å². The quantitative estimate of drug-likeness (QED) is 0.487. The number of unbranched alkanes of at least 4 members (excludes halogenated alkanes) is 1. The highest BCUT2D eigenvalue weighted by atomic mass is 19.4. The van der Waals surface area contributed by atoms with Gasteiger partial charge in [0, 0.05) is 20.1 Å². The first kappa shape index (κ1) is 20.9. The Morgan fingerprint density at radius 3 is 1.74 bits per heavy atom. The van der Waals surface area contributed by atoms with Crippen LogP contribution in [0.15, 0.2) is 0 Å². The fourth-order valence-electron chi connectivity index (χ4n) is 0.946. The van der Waals surface area contributed by atoms with Crippen LogP contribution in [0.1, 0.15) is 39.5 Å². The third-order valence-corrected chi connectivity index (χ3v) is 2.05. The number of halogens is 5. The van der Waals surface area contributed by atoms with Crippen LogP contribution in [0.4, 0.5) is 22.0 Å². The van der Waals surface area contributed by atoms with Crippen molar-refractivity contribution in [2.24, 2.45) is 0 Å². The first-order valence-corrected chi connectivity index (χ1v) is 6.24. The van der Waals surface area contributed by atoms with Crippen LogP contribution < -0.4 is 0 Å². The van der Waals surface area contributed by atoms with E-state index in [2.05, 4.69) is 6.92 Å². The third kappa shape index (κ3) is 12.4. The lowest BCUT2D eigenvalue weighted by Gasteiger charge is -2.18. The molecular weight excluding hydrogens is 271 g/mol. The first-order chi connectivity index (χ1) is 8.72. The molecule has 0 N–H and O–H groups in total. The van der Waals surface area contributed by atoms with E-state index in [-0.39, 0.29) is 6.42 Å². The zero-order chi connectivity index (χ0) is 15.4. The SMILES string of the molecule is CCCC(F)(F)C(F)(F)F.CCCCOCCOC. The van der Waals surface area contributed by atoms with Gasteiger partial charge in [-0.2, -0.15) is 22.0 Å². The Labute approximate surface area is 111 Å². The molecule has 0 saturated carbocycles. The molecule has 0 aromatic heterocycles. The summed E-state index contributed by atoms with van der Waals surface area (Å²) in [6.07, 6.45) is -4.33. The molecule has 0 aliphatic carbocycles. The fourth-order valence-corrected chi connectivity index (χ4v) is 0.946. The second-order valence-corrected chi connectivity index (χ2v) is 3.91. The summed E-state index contributed by atoms with van der Waals surface area (Å²) in [5.41, 5.74) is 0. The predicted octanol–water partition coefficient (Wildman–Crippen LogP) is 4.43. The van der Waals surface area contributed by atoms with Crippen molar-refractivity contribution in [3.8, 4) is 0 Å². The molecule has 0 atom stereocenters. The summed E-state index contributed by atoms with van der Waals surface area (Å²) in [5, 5.41) is 0. The zero-order valence-electron chi connectivity index (χ0n) is 11.7. The maximum Gasteiger partial charge on any atom is 0.453 e. The molecule has 0 saturated heterocycles. The molecular formula is C12H23F5O2. The molecule has 0 aromatic rings. The average Bonchev–Trinajstić information content (AvgIpc) is 2.28. The summed E-state index contributed by atoms with van der Waals surface area (Å²) in [6, 6.07) is 0. The summed E-state index contributed by atoms with van der Waals surface area (Å²) in [4.78, 5) is 0. The lowest BCUT2D eigenvalue weighted by Crippen LogP contribution is -2.35. The monoisotopic (exact) mass is 294 g/mol. The molecule has 7 heteroatoms. The van der Waals surface area contributed by atoms with Crippen molar-refractivity contribution >= 4 is 0 Å². The normalized spacial score (nSPS) is 12.0. The molecule has 0 heterocycles. The van der Waals surface area contributed by atoms with E-state index in [1.165, 1.54) is 13.3 Å². The smallest absolute Gasteiger partial charge is 0.382 e. The van der Waals surface area contributed by atoms with Crippen LogP contribution in [0.5, 0.6) is 0 Å². The van der Waals surface area contributed by atoms with Crippen LogP contribution in [0.2, 0.25) is 0 Å². The van der Waals surface area contributed by atoms with Gasteiger partial charge in [0.1, 0.15) is 0 Å². The highest BCUT2D eigenvalue weighted by Crippen LogP contribution is 2.38. The fraction of sp³-hybridized carbons (Fsp3) is 1.00. The molecule has 118 valence electrons. The van der Waals surface area contributed by atoms with E-state index in [1.54, 1.807) is 7.11 Å². The van der Waals surface area contributed by atoms with Gasteiger partial charge < -0.3 is 9.47 Å². The molecule has 0 unspecified atom stereocenters. The molecule has 0 amide bonds. The van der Waals surface area contributed by atoms with Gasteiger partial charge in [-0.05, 0) is 6.42 Å². The van der Waals surface area contributed by atoms with Crippen molar-refractivity contribution < 1.29 is 31.4 Å². The molecule has 0 rings (SSSR count). The Hall–Kier alpha value is -0.430. The predicted molar refractivity (Wildman–Crippen MR) is 63.5 cm³/mol. The van der Waals surface area contributed by atoms with Crippen molar-refractivity contribution in [3.05, 3.63) is 0 Å². The van der Waals surface area contributed by atoms with Crippen LogP contribution in [-0.4, -0.2) is 39.0 Å². The van der Waals surface area contributed by atoms with E-state index in [4.69, 9.17) is 9.47 Å². The van der Waals surface area contributed by atoms with Crippen LogP contribution in [-0.2, 0) is 9.47 Å². The molecule has 0 aliphatic rings. The Balaban J connectivity index is 0. The Bertz CT molecular complexity index is 189. The first-order valence-electron chi connectivity index (χ1n) is 6.24. The van der Waals surface area contributed by atoms with Gasteiger partial charge in [0.15, 0.2) is 0 Å². The summed E-state index contributed by atoms with van der Waals surface area (Å²) in [6.45, 7) is 5.75. The molecule has 0 spiro atoms. The van der Waals surface area contributed by atoms with E-state index in [1.807, 2.05) is 0 Å². The minimum atomic E-state index is -5.39. The van der Waals surface area contributed by atoms with Crippen LogP contribution in [0.3, 0.4) is 0 Å². The lowest BCUT2D eigenvalue weighted by atomic mass is 10.2. The number of methoxy groups -OCH3 is 1. The van der Waals surface area contributed by atoms with Gasteiger partial charge in [-0.15, -0.1) is 0 Å². The zero-order valence-corrected chi connectivity index (χ0v) is 11.7. The van der Waals surface area contributed by atoms with Gasteiger partial charge in [-0.3, -0.25) is 0 Å². The van der Waals surface area contributed by atoms with Gasteiger partial charge >= 0.3 is 12.1 Å². The number of rotatable bonds is 8. The topological polar surface area (TPSA) is 18.5 Å². The summed E-state index contributed by atoms with van der Waals surface area (Å²) < 4.78 is 67.4. The Morgan fingerprint density at radius 1 is 0.842 bits per heavy atom. The summed E-state index contributed by atoms with van der Waals surface area (Å²) in [5.74, 6) is -4.51. The second-order valence-electron chi connectivity index (χ2n) is 3.91. The van der Waals surface area contributed by atoms with Crippen molar-refractivity contribution in [2.45, 2.75) is 51.6 Å². The summed E-state index contributed by atoms with van der Waals surface area (Å²) in [7, 11) is 1.68. The average molecular weight is 294 g/mol.